The van der Waals surface area contributed by atoms with E-state index in [1.54, 1.807) is 0 Å². The highest BCUT2D eigenvalue weighted by Gasteiger charge is 1.90. The molecule has 0 atom stereocenters. The Morgan fingerprint density at radius 3 is 2.55 bits per heavy atom. The number of rotatable bonds is 4. The van der Waals surface area contributed by atoms with Crippen LogP contribution in [-0.4, -0.2) is 11.5 Å². The lowest BCUT2D eigenvalue weighted by atomic mass is 10.1. The highest BCUT2D eigenvalue weighted by molar-refractivity contribution is 5.09. The largest absolute Gasteiger partial charge is 0.265 e. The lowest BCUT2D eigenvalue weighted by Gasteiger charge is -1.97. The van der Waals surface area contributed by atoms with Gasteiger partial charge in [0.25, 0.3) is 0 Å². The van der Waals surface area contributed by atoms with Gasteiger partial charge in [0.1, 0.15) is 0 Å². The molecule has 0 unspecified atom stereocenters. The predicted molar refractivity (Wildman–Crippen MR) is 45.1 cm³/mol. The van der Waals surface area contributed by atoms with Crippen molar-refractivity contribution in [1.29, 1.82) is 0 Å². The molecule has 0 bridgehead atoms. The first-order valence-electron chi connectivity index (χ1n) is 3.97. The van der Waals surface area contributed by atoms with E-state index >= 15 is 0 Å². The van der Waals surface area contributed by atoms with Crippen molar-refractivity contribution in [2.24, 2.45) is 0 Å². The molecule has 1 aromatic rings. The molecular weight excluding hydrogens is 136 g/mol. The van der Waals surface area contributed by atoms with E-state index in [2.05, 4.69) is 4.98 Å². The molecule has 2 heteroatoms. The van der Waals surface area contributed by atoms with Crippen LogP contribution in [0.5, 0.6) is 0 Å². The van der Waals surface area contributed by atoms with Gasteiger partial charge < -0.3 is 0 Å². The van der Waals surface area contributed by atoms with Gasteiger partial charge >= 0.3 is 0 Å². The third-order valence-corrected chi connectivity index (χ3v) is 1.64. The van der Waals surface area contributed by atoms with Crippen LogP contribution < -0.4 is 5.73 Å². The highest BCUT2D eigenvalue weighted by atomic mass is 14.6. The van der Waals surface area contributed by atoms with Gasteiger partial charge in [-0.05, 0) is 37.0 Å². The maximum absolute atomic E-state index is 6.96. The summed E-state index contributed by atoms with van der Waals surface area (Å²) in [5.41, 5.74) is 8.28. The van der Waals surface area contributed by atoms with Crippen LogP contribution in [-0.2, 0) is 6.42 Å². The smallest absolute Gasteiger partial charge is 0.0270 e. The Labute approximate surface area is 67.5 Å². The van der Waals surface area contributed by atoms with Crippen molar-refractivity contribution in [3.05, 3.63) is 30.1 Å². The first-order chi connectivity index (χ1) is 5.43. The average Bonchev–Trinajstić information content (AvgIpc) is 2.07. The Kier molecular flexibility index (Phi) is 3.62. The Morgan fingerprint density at radius 2 is 1.91 bits per heavy atom. The first-order valence-corrected chi connectivity index (χ1v) is 3.97. The quantitative estimate of drug-likeness (QED) is 0.600. The summed E-state index contributed by atoms with van der Waals surface area (Å²) in [6.07, 6.45) is 6.84. The van der Waals surface area contributed by atoms with E-state index in [4.69, 9.17) is 5.73 Å². The maximum atomic E-state index is 6.96. The van der Waals surface area contributed by atoms with Crippen LogP contribution in [0.1, 0.15) is 18.4 Å². The van der Waals surface area contributed by atoms with E-state index in [0.29, 0.717) is 6.54 Å². The maximum Gasteiger partial charge on any atom is 0.0270 e. The van der Waals surface area contributed by atoms with Crippen LogP contribution in [0.15, 0.2) is 24.5 Å². The average molecular weight is 149 g/mol. The molecule has 1 radical (unpaired) electrons. The molecule has 0 aromatic carbocycles. The summed E-state index contributed by atoms with van der Waals surface area (Å²) in [5.74, 6) is 0. The summed E-state index contributed by atoms with van der Waals surface area (Å²) in [7, 11) is 0. The predicted octanol–water partition coefficient (Wildman–Crippen LogP) is 1.69. The SMILES string of the molecule is [NH]CCCCc1ccncc1. The zero-order valence-corrected chi connectivity index (χ0v) is 6.59. The van der Waals surface area contributed by atoms with Gasteiger partial charge in [-0.25, -0.2) is 0 Å². The first kappa shape index (κ1) is 8.21. The molecule has 11 heavy (non-hydrogen) atoms. The van der Waals surface area contributed by atoms with Crippen LogP contribution in [0, 0.1) is 0 Å². The molecule has 0 saturated carbocycles. The minimum absolute atomic E-state index is 0.547. The summed E-state index contributed by atoms with van der Waals surface area (Å²) >= 11 is 0. The molecular formula is C9H13N2. The van der Waals surface area contributed by atoms with Crippen LogP contribution in [0.4, 0.5) is 0 Å². The standard InChI is InChI=1S/C9H13N2/c10-6-2-1-3-9-4-7-11-8-5-9/h4-5,7-8,10H,1-3,6H2. The van der Waals surface area contributed by atoms with Crippen LogP contribution in [0.3, 0.4) is 0 Å². The van der Waals surface area contributed by atoms with Gasteiger partial charge in [0.15, 0.2) is 0 Å². The number of aromatic nitrogens is 1. The summed E-state index contributed by atoms with van der Waals surface area (Å²) in [4.78, 5) is 3.94. The van der Waals surface area contributed by atoms with E-state index in [9.17, 15) is 0 Å². The number of pyridine rings is 1. The van der Waals surface area contributed by atoms with Crippen molar-refractivity contribution >= 4 is 0 Å². The number of hydrogen-bond donors (Lipinski definition) is 0. The number of nitrogens with zero attached hydrogens (tertiary/aromatic N) is 1. The molecule has 59 valence electrons. The van der Waals surface area contributed by atoms with Gasteiger partial charge in [-0.1, -0.05) is 0 Å². The number of nitrogens with one attached hydrogen (secondary N) is 1. The minimum Gasteiger partial charge on any atom is -0.265 e. The van der Waals surface area contributed by atoms with Crippen molar-refractivity contribution in [2.75, 3.05) is 6.54 Å². The second-order valence-corrected chi connectivity index (χ2v) is 2.56. The Bertz CT molecular complexity index is 184. The molecule has 1 rings (SSSR count). The monoisotopic (exact) mass is 149 g/mol. The molecule has 0 fully saturated rings. The summed E-state index contributed by atoms with van der Waals surface area (Å²) in [6, 6.07) is 4.06. The second kappa shape index (κ2) is 4.85. The highest BCUT2D eigenvalue weighted by Crippen LogP contribution is 2.01. The van der Waals surface area contributed by atoms with Gasteiger partial charge in [0.05, 0.1) is 0 Å². The lowest BCUT2D eigenvalue weighted by Crippen LogP contribution is -1.89. The van der Waals surface area contributed by atoms with Gasteiger partial charge in [-0.3, -0.25) is 10.7 Å². The van der Waals surface area contributed by atoms with E-state index in [0.717, 1.165) is 19.3 Å². The van der Waals surface area contributed by atoms with Crippen molar-refractivity contribution < 1.29 is 0 Å². The zero-order chi connectivity index (χ0) is 7.94. The molecule has 0 saturated heterocycles. The van der Waals surface area contributed by atoms with Crippen molar-refractivity contribution in [3.8, 4) is 0 Å². The second-order valence-electron chi connectivity index (χ2n) is 2.56. The van der Waals surface area contributed by atoms with Gasteiger partial charge in [-0.2, -0.15) is 0 Å². The Morgan fingerprint density at radius 1 is 1.18 bits per heavy atom. The van der Waals surface area contributed by atoms with E-state index in [1.165, 1.54) is 5.56 Å². The number of hydrogen-bond acceptors (Lipinski definition) is 1. The molecule has 1 heterocycles. The van der Waals surface area contributed by atoms with E-state index < -0.39 is 0 Å². The summed E-state index contributed by atoms with van der Waals surface area (Å²) < 4.78 is 0. The molecule has 1 N–H and O–H groups in total. The van der Waals surface area contributed by atoms with Crippen molar-refractivity contribution in [1.82, 2.24) is 10.7 Å². The fraction of sp³-hybridized carbons (Fsp3) is 0.444. The fourth-order valence-corrected chi connectivity index (χ4v) is 1.00. The normalized spacial score (nSPS) is 9.91. The minimum atomic E-state index is 0.547. The Balaban J connectivity index is 2.28. The third-order valence-electron chi connectivity index (χ3n) is 1.64. The topological polar surface area (TPSA) is 36.7 Å². The molecule has 0 aliphatic carbocycles. The van der Waals surface area contributed by atoms with Gasteiger partial charge in [-0.15, -0.1) is 0 Å². The molecule has 1 aromatic heterocycles. The third kappa shape index (κ3) is 3.14. The number of aryl methyl sites for hydroxylation is 1. The van der Waals surface area contributed by atoms with Gasteiger partial charge in [0, 0.05) is 18.9 Å². The van der Waals surface area contributed by atoms with E-state index in [-0.39, 0.29) is 0 Å². The van der Waals surface area contributed by atoms with Crippen LogP contribution in [0.2, 0.25) is 0 Å². The molecule has 2 nitrogen and oxygen atoms in total. The molecule has 0 aliphatic rings. The molecule has 0 spiro atoms. The summed E-state index contributed by atoms with van der Waals surface area (Å²) in [5, 5.41) is 0. The van der Waals surface area contributed by atoms with Gasteiger partial charge in [0.2, 0.25) is 0 Å². The molecule has 0 amide bonds. The number of unbranched alkanes of at least 4 members (excludes halogenated alkanes) is 1. The van der Waals surface area contributed by atoms with E-state index in [1.807, 2.05) is 24.5 Å². The zero-order valence-electron chi connectivity index (χ0n) is 6.59. The fourth-order valence-electron chi connectivity index (χ4n) is 1.00. The van der Waals surface area contributed by atoms with Crippen molar-refractivity contribution in [3.63, 3.8) is 0 Å². The van der Waals surface area contributed by atoms with Crippen molar-refractivity contribution in [2.45, 2.75) is 19.3 Å². The van der Waals surface area contributed by atoms with Crippen LogP contribution in [0.25, 0.3) is 0 Å². The molecule has 0 aliphatic heterocycles. The van der Waals surface area contributed by atoms with Crippen LogP contribution >= 0.6 is 0 Å². The Hall–Kier alpha value is -0.890. The lowest BCUT2D eigenvalue weighted by molar-refractivity contribution is 0.735. The summed E-state index contributed by atoms with van der Waals surface area (Å²) in [6.45, 7) is 0.547.